The fraction of sp³-hybridized carbons (Fsp3) is 0. The predicted octanol–water partition coefficient (Wildman–Crippen LogP) is 7.78. The maximum atomic E-state index is 13.2. The molecule has 0 saturated heterocycles. The van der Waals surface area contributed by atoms with E-state index in [0.29, 0.717) is 42.7 Å². The Labute approximate surface area is 232 Å². The second kappa shape index (κ2) is 11.1. The molecule has 9 heteroatoms. The van der Waals surface area contributed by atoms with Gasteiger partial charge in [0.25, 0.3) is 5.91 Å². The summed E-state index contributed by atoms with van der Waals surface area (Å²) in [5.41, 5.74) is 5.70. The van der Waals surface area contributed by atoms with Gasteiger partial charge in [0.05, 0.1) is 16.8 Å². The van der Waals surface area contributed by atoms with Crippen molar-refractivity contribution in [3.05, 3.63) is 123 Å². The summed E-state index contributed by atoms with van der Waals surface area (Å²) in [6, 6.07) is 26.0. The molecule has 188 valence electrons. The van der Waals surface area contributed by atoms with Crippen LogP contribution < -0.4 is 10.2 Å². The van der Waals surface area contributed by atoms with Crippen molar-refractivity contribution in [1.82, 2.24) is 10.4 Å². The number of H-pyrrole nitrogens is 1. The summed E-state index contributed by atoms with van der Waals surface area (Å²) in [7, 11) is 0. The molecule has 0 saturated carbocycles. The number of nitrogens with zero attached hydrogens (tertiary/aromatic N) is 1. The summed E-state index contributed by atoms with van der Waals surface area (Å²) < 4.78 is 5.54. The van der Waals surface area contributed by atoms with Crippen molar-refractivity contribution >= 4 is 63.8 Å². The molecular formula is C29H18Cl3N3O3. The van der Waals surface area contributed by atoms with Gasteiger partial charge >= 0.3 is 5.97 Å². The highest BCUT2D eigenvalue weighted by atomic mass is 35.5. The van der Waals surface area contributed by atoms with Crippen molar-refractivity contribution in [1.29, 1.82) is 0 Å². The number of carbonyl (C=O) groups excluding carboxylic acids is 2. The predicted molar refractivity (Wildman–Crippen MR) is 152 cm³/mol. The minimum absolute atomic E-state index is 0.273. The summed E-state index contributed by atoms with van der Waals surface area (Å²) in [5.74, 6) is -0.755. The van der Waals surface area contributed by atoms with Crippen LogP contribution in [0.15, 0.2) is 96.1 Å². The molecule has 5 aromatic rings. The third-order valence-electron chi connectivity index (χ3n) is 5.68. The summed E-state index contributed by atoms with van der Waals surface area (Å²) in [4.78, 5) is 28.9. The lowest BCUT2D eigenvalue weighted by Gasteiger charge is -2.08. The van der Waals surface area contributed by atoms with Crippen LogP contribution in [0.2, 0.25) is 15.1 Å². The number of para-hydroxylation sites is 1. The SMILES string of the molecule is O=C(Oc1ccccc1C=NNC(=O)c1[nH]c2cc(Cl)cc(Cl)c2c1-c1ccccc1)c1ccc(Cl)cc1. The van der Waals surface area contributed by atoms with Crippen LogP contribution in [0.1, 0.15) is 26.4 Å². The Kier molecular flexibility index (Phi) is 7.47. The molecule has 4 aromatic carbocycles. The molecule has 6 nitrogen and oxygen atoms in total. The van der Waals surface area contributed by atoms with Gasteiger partial charge in [-0.05, 0) is 54.1 Å². The zero-order chi connectivity index (χ0) is 26.6. The van der Waals surface area contributed by atoms with Crippen LogP contribution in [0.25, 0.3) is 22.0 Å². The highest BCUT2D eigenvalue weighted by Gasteiger charge is 2.21. The first-order chi connectivity index (χ1) is 18.4. The molecule has 0 unspecified atom stereocenters. The molecule has 0 aliphatic heterocycles. The van der Waals surface area contributed by atoms with Crippen LogP contribution in [0.5, 0.6) is 5.75 Å². The zero-order valence-electron chi connectivity index (χ0n) is 19.5. The van der Waals surface area contributed by atoms with Crippen LogP contribution in [-0.4, -0.2) is 23.1 Å². The number of carbonyl (C=O) groups is 2. The van der Waals surface area contributed by atoms with Crippen LogP contribution in [0.4, 0.5) is 0 Å². The van der Waals surface area contributed by atoms with Crippen molar-refractivity contribution in [2.75, 3.05) is 0 Å². The van der Waals surface area contributed by atoms with Gasteiger partial charge in [-0.15, -0.1) is 0 Å². The number of fused-ring (bicyclic) bond motifs is 1. The standard InChI is InChI=1S/C29H18Cl3N3O3/c30-20-12-10-18(11-13-20)29(37)38-24-9-5-4-8-19(24)16-33-35-28(36)27-25(17-6-2-1-3-7-17)26-22(32)14-21(31)15-23(26)34-27/h1-16,34H,(H,35,36). The number of hydrogen-bond acceptors (Lipinski definition) is 4. The minimum atomic E-state index is -0.548. The molecule has 2 N–H and O–H groups in total. The monoisotopic (exact) mass is 561 g/mol. The average Bonchev–Trinajstić information content (AvgIpc) is 3.30. The second-order valence-electron chi connectivity index (χ2n) is 8.18. The second-order valence-corrected chi connectivity index (χ2v) is 9.46. The van der Waals surface area contributed by atoms with Gasteiger partial charge in [0.2, 0.25) is 0 Å². The lowest BCUT2D eigenvalue weighted by atomic mass is 10.0. The van der Waals surface area contributed by atoms with Gasteiger partial charge in [-0.2, -0.15) is 5.10 Å². The molecular weight excluding hydrogens is 545 g/mol. The lowest BCUT2D eigenvalue weighted by molar-refractivity contribution is 0.0734. The van der Waals surface area contributed by atoms with E-state index >= 15 is 0 Å². The first-order valence-corrected chi connectivity index (χ1v) is 12.5. The number of aromatic amines is 1. The van der Waals surface area contributed by atoms with E-state index in [1.165, 1.54) is 6.21 Å². The Hall–Kier alpha value is -4.10. The van der Waals surface area contributed by atoms with Crippen molar-refractivity contribution in [2.45, 2.75) is 0 Å². The smallest absolute Gasteiger partial charge is 0.343 e. The van der Waals surface area contributed by atoms with E-state index in [1.807, 2.05) is 30.3 Å². The molecule has 0 spiro atoms. The summed E-state index contributed by atoms with van der Waals surface area (Å²) in [5, 5.41) is 6.15. The maximum absolute atomic E-state index is 13.2. The highest BCUT2D eigenvalue weighted by Crippen LogP contribution is 2.38. The van der Waals surface area contributed by atoms with Crippen molar-refractivity contribution < 1.29 is 14.3 Å². The number of amides is 1. The van der Waals surface area contributed by atoms with Gasteiger partial charge in [0.1, 0.15) is 11.4 Å². The molecule has 0 fully saturated rings. The molecule has 38 heavy (non-hydrogen) atoms. The van der Waals surface area contributed by atoms with Crippen LogP contribution in [0.3, 0.4) is 0 Å². The van der Waals surface area contributed by atoms with E-state index in [9.17, 15) is 9.59 Å². The van der Waals surface area contributed by atoms with Gasteiger partial charge < -0.3 is 9.72 Å². The molecule has 1 aromatic heterocycles. The van der Waals surface area contributed by atoms with Gasteiger partial charge in [-0.3, -0.25) is 4.79 Å². The number of ether oxygens (including phenoxy) is 1. The summed E-state index contributed by atoms with van der Waals surface area (Å²) >= 11 is 18.6. The topological polar surface area (TPSA) is 83.5 Å². The van der Waals surface area contributed by atoms with Crippen molar-refractivity contribution in [2.24, 2.45) is 5.10 Å². The van der Waals surface area contributed by atoms with E-state index in [1.54, 1.807) is 60.7 Å². The van der Waals surface area contributed by atoms with Crippen LogP contribution in [-0.2, 0) is 0 Å². The van der Waals surface area contributed by atoms with Gasteiger partial charge in [0.15, 0.2) is 0 Å². The number of benzene rings is 4. The molecule has 0 bridgehead atoms. The number of nitrogens with one attached hydrogen (secondary N) is 2. The Morgan fingerprint density at radius 3 is 2.32 bits per heavy atom. The number of hydrazone groups is 1. The zero-order valence-corrected chi connectivity index (χ0v) is 21.8. The summed E-state index contributed by atoms with van der Waals surface area (Å²) in [6.45, 7) is 0. The Morgan fingerprint density at radius 1 is 0.842 bits per heavy atom. The highest BCUT2D eigenvalue weighted by molar-refractivity contribution is 6.40. The first kappa shape index (κ1) is 25.5. The van der Waals surface area contributed by atoms with Crippen LogP contribution >= 0.6 is 34.8 Å². The third-order valence-corrected chi connectivity index (χ3v) is 6.44. The average molecular weight is 563 g/mol. The van der Waals surface area contributed by atoms with E-state index in [4.69, 9.17) is 39.5 Å². The van der Waals surface area contributed by atoms with Gasteiger partial charge in [-0.25, -0.2) is 10.2 Å². The Balaban J connectivity index is 1.41. The van der Waals surface area contributed by atoms with Gasteiger partial charge in [-0.1, -0.05) is 77.3 Å². The molecule has 5 rings (SSSR count). The van der Waals surface area contributed by atoms with E-state index in [2.05, 4.69) is 15.5 Å². The molecule has 0 aliphatic carbocycles. The number of halogens is 3. The normalized spacial score (nSPS) is 11.1. The number of rotatable bonds is 6. The molecule has 0 radical (unpaired) electrons. The fourth-order valence-electron chi connectivity index (χ4n) is 3.95. The minimum Gasteiger partial charge on any atom is -0.422 e. The van der Waals surface area contributed by atoms with E-state index in [-0.39, 0.29) is 11.4 Å². The fourth-order valence-corrected chi connectivity index (χ4v) is 4.67. The number of esters is 1. The van der Waals surface area contributed by atoms with Gasteiger partial charge in [0, 0.05) is 32.1 Å². The van der Waals surface area contributed by atoms with Crippen molar-refractivity contribution in [3.8, 4) is 16.9 Å². The Bertz CT molecular complexity index is 1680. The number of hydrogen-bond donors (Lipinski definition) is 2. The first-order valence-electron chi connectivity index (χ1n) is 11.4. The summed E-state index contributed by atoms with van der Waals surface area (Å²) in [6.07, 6.45) is 1.40. The number of aromatic nitrogens is 1. The quantitative estimate of drug-likeness (QED) is 0.0959. The third kappa shape index (κ3) is 5.43. The van der Waals surface area contributed by atoms with E-state index in [0.717, 1.165) is 5.56 Å². The molecule has 1 amide bonds. The van der Waals surface area contributed by atoms with Crippen LogP contribution in [0, 0.1) is 0 Å². The largest absolute Gasteiger partial charge is 0.422 e. The van der Waals surface area contributed by atoms with Crippen molar-refractivity contribution in [3.63, 3.8) is 0 Å². The molecule has 0 aliphatic rings. The molecule has 1 heterocycles. The lowest BCUT2D eigenvalue weighted by Crippen LogP contribution is -2.19. The molecule has 0 atom stereocenters. The Morgan fingerprint density at radius 2 is 1.55 bits per heavy atom. The van der Waals surface area contributed by atoms with E-state index < -0.39 is 11.9 Å². The maximum Gasteiger partial charge on any atom is 0.343 e.